The Labute approximate surface area is 177 Å². The first-order valence-electron chi connectivity index (χ1n) is 10.4. The molecule has 3 aromatic rings. The van der Waals surface area contributed by atoms with Gasteiger partial charge in [-0.15, -0.1) is 0 Å². The summed E-state index contributed by atoms with van der Waals surface area (Å²) in [7, 11) is 3.78. The zero-order valence-corrected chi connectivity index (χ0v) is 17.6. The number of carbonyl (C=O) groups is 1. The van der Waals surface area contributed by atoms with Crippen LogP contribution in [0.15, 0.2) is 64.0 Å². The topological polar surface area (TPSA) is 61.1 Å². The van der Waals surface area contributed by atoms with E-state index < -0.39 is 0 Å². The van der Waals surface area contributed by atoms with Crippen LogP contribution in [0.5, 0.6) is 0 Å². The zero-order valence-electron chi connectivity index (χ0n) is 17.6. The van der Waals surface area contributed by atoms with Gasteiger partial charge in [0.15, 0.2) is 5.96 Å². The average molecular weight is 405 g/mol. The molecule has 6 heteroatoms. The lowest BCUT2D eigenvalue weighted by Crippen LogP contribution is -2.38. The fraction of sp³-hybridized carbons (Fsp3) is 0.333. The summed E-state index contributed by atoms with van der Waals surface area (Å²) < 4.78 is 5.93. The van der Waals surface area contributed by atoms with Gasteiger partial charge < -0.3 is 19.5 Å². The normalized spacial score (nSPS) is 14.5. The SMILES string of the molecule is CN=C(NCc1cccc(CN2CCCC2=O)c1)N(C)Cc1cc2ccccc2o1. The Kier molecular flexibility index (Phi) is 6.02. The van der Waals surface area contributed by atoms with Crippen molar-refractivity contribution in [2.24, 2.45) is 4.99 Å². The van der Waals surface area contributed by atoms with Crippen LogP contribution in [0, 0.1) is 0 Å². The molecule has 30 heavy (non-hydrogen) atoms. The van der Waals surface area contributed by atoms with Crippen LogP contribution in [-0.4, -0.2) is 42.3 Å². The molecule has 1 amide bonds. The standard InChI is InChI=1S/C24H28N4O2/c1-25-24(27(2)17-21-14-20-9-3-4-10-22(20)30-21)26-15-18-7-5-8-19(13-18)16-28-12-6-11-23(28)29/h3-5,7-10,13-14H,6,11-12,15-17H2,1-2H3,(H,25,26). The number of benzene rings is 2. The Bertz CT molecular complexity index is 1020. The van der Waals surface area contributed by atoms with Crippen molar-refractivity contribution in [3.8, 4) is 0 Å². The molecular weight excluding hydrogens is 376 g/mol. The van der Waals surface area contributed by atoms with E-state index in [1.54, 1.807) is 7.05 Å². The molecule has 0 unspecified atom stereocenters. The molecule has 4 rings (SSSR count). The van der Waals surface area contributed by atoms with E-state index in [1.165, 1.54) is 0 Å². The van der Waals surface area contributed by atoms with Crippen LogP contribution in [0.1, 0.15) is 29.7 Å². The fourth-order valence-corrected chi connectivity index (χ4v) is 3.92. The molecule has 0 atom stereocenters. The molecule has 1 aliphatic heterocycles. The number of nitrogens with zero attached hydrogens (tertiary/aromatic N) is 3. The highest BCUT2D eigenvalue weighted by molar-refractivity contribution is 5.80. The van der Waals surface area contributed by atoms with Crippen molar-refractivity contribution in [2.45, 2.75) is 32.5 Å². The predicted octanol–water partition coefficient (Wildman–Crippen LogP) is 3.76. The molecule has 0 bridgehead atoms. The monoisotopic (exact) mass is 404 g/mol. The smallest absolute Gasteiger partial charge is 0.222 e. The summed E-state index contributed by atoms with van der Waals surface area (Å²) in [6.07, 6.45) is 1.64. The fourth-order valence-electron chi connectivity index (χ4n) is 3.92. The third kappa shape index (κ3) is 4.64. The number of carbonyl (C=O) groups excluding carboxylic acids is 1. The largest absolute Gasteiger partial charge is 0.459 e. The number of furan rings is 1. The molecule has 1 saturated heterocycles. The van der Waals surface area contributed by atoms with Crippen molar-refractivity contribution in [1.82, 2.24) is 15.1 Å². The Morgan fingerprint density at radius 2 is 2.00 bits per heavy atom. The summed E-state index contributed by atoms with van der Waals surface area (Å²) in [5, 5.41) is 4.53. The quantitative estimate of drug-likeness (QED) is 0.502. The lowest BCUT2D eigenvalue weighted by atomic mass is 10.1. The Balaban J connectivity index is 1.35. The number of hydrogen-bond donors (Lipinski definition) is 1. The van der Waals surface area contributed by atoms with E-state index in [0.29, 0.717) is 26.1 Å². The summed E-state index contributed by atoms with van der Waals surface area (Å²) in [4.78, 5) is 20.3. The number of fused-ring (bicyclic) bond motifs is 1. The molecule has 2 aromatic carbocycles. The predicted molar refractivity (Wildman–Crippen MR) is 119 cm³/mol. The second-order valence-electron chi connectivity index (χ2n) is 7.75. The number of amides is 1. The van der Waals surface area contributed by atoms with E-state index in [-0.39, 0.29) is 5.91 Å². The first-order chi connectivity index (χ1) is 14.6. The Morgan fingerprint density at radius 1 is 1.17 bits per heavy atom. The maximum atomic E-state index is 11.9. The summed E-state index contributed by atoms with van der Waals surface area (Å²) in [6.45, 7) is 2.85. The maximum Gasteiger partial charge on any atom is 0.222 e. The van der Waals surface area contributed by atoms with Gasteiger partial charge in [0.05, 0.1) is 6.54 Å². The van der Waals surface area contributed by atoms with Crippen LogP contribution in [0.4, 0.5) is 0 Å². The van der Waals surface area contributed by atoms with Crippen molar-refractivity contribution < 1.29 is 9.21 Å². The van der Waals surface area contributed by atoms with Gasteiger partial charge in [-0.1, -0.05) is 42.5 Å². The molecule has 6 nitrogen and oxygen atoms in total. The van der Waals surface area contributed by atoms with Crippen LogP contribution in [0.25, 0.3) is 11.0 Å². The average Bonchev–Trinajstić information content (AvgIpc) is 3.34. The molecule has 1 N–H and O–H groups in total. The van der Waals surface area contributed by atoms with Crippen molar-refractivity contribution in [1.29, 1.82) is 0 Å². The highest BCUT2D eigenvalue weighted by Gasteiger charge is 2.20. The number of aliphatic imine (C=N–C) groups is 1. The van der Waals surface area contributed by atoms with Gasteiger partial charge in [-0.2, -0.15) is 0 Å². The van der Waals surface area contributed by atoms with Gasteiger partial charge in [-0.3, -0.25) is 9.79 Å². The summed E-state index contributed by atoms with van der Waals surface area (Å²) >= 11 is 0. The van der Waals surface area contributed by atoms with E-state index in [4.69, 9.17) is 4.42 Å². The molecule has 0 spiro atoms. The summed E-state index contributed by atoms with van der Waals surface area (Å²) in [5.41, 5.74) is 3.23. The number of guanidine groups is 1. The zero-order chi connectivity index (χ0) is 20.9. The lowest BCUT2D eigenvalue weighted by molar-refractivity contribution is -0.128. The van der Waals surface area contributed by atoms with Gasteiger partial charge in [0, 0.05) is 45.5 Å². The van der Waals surface area contributed by atoms with Crippen LogP contribution in [0.3, 0.4) is 0 Å². The number of hydrogen-bond acceptors (Lipinski definition) is 3. The minimum Gasteiger partial charge on any atom is -0.459 e. The van der Waals surface area contributed by atoms with Gasteiger partial charge in [0.25, 0.3) is 0 Å². The van der Waals surface area contributed by atoms with Gasteiger partial charge >= 0.3 is 0 Å². The van der Waals surface area contributed by atoms with E-state index in [1.807, 2.05) is 41.1 Å². The molecule has 2 heterocycles. The van der Waals surface area contributed by atoms with Crippen molar-refractivity contribution >= 4 is 22.8 Å². The van der Waals surface area contributed by atoms with E-state index in [2.05, 4.69) is 40.6 Å². The number of para-hydroxylation sites is 1. The van der Waals surface area contributed by atoms with Crippen LogP contribution >= 0.6 is 0 Å². The second-order valence-corrected chi connectivity index (χ2v) is 7.75. The van der Waals surface area contributed by atoms with Crippen LogP contribution < -0.4 is 5.32 Å². The number of rotatable bonds is 6. The van der Waals surface area contributed by atoms with Crippen molar-refractivity contribution in [3.05, 3.63) is 71.5 Å². The van der Waals surface area contributed by atoms with Crippen LogP contribution in [0.2, 0.25) is 0 Å². The Morgan fingerprint density at radius 3 is 2.77 bits per heavy atom. The van der Waals surface area contributed by atoms with Crippen molar-refractivity contribution in [3.63, 3.8) is 0 Å². The number of likely N-dealkylation sites (tertiary alicyclic amines) is 1. The molecule has 1 aliphatic rings. The number of nitrogens with one attached hydrogen (secondary N) is 1. The first-order valence-corrected chi connectivity index (χ1v) is 10.4. The second kappa shape index (κ2) is 9.03. The van der Waals surface area contributed by atoms with E-state index in [9.17, 15) is 4.79 Å². The molecule has 1 fully saturated rings. The highest BCUT2D eigenvalue weighted by Crippen LogP contribution is 2.20. The molecule has 156 valence electrons. The maximum absolute atomic E-state index is 11.9. The molecule has 1 aromatic heterocycles. The minimum atomic E-state index is 0.256. The van der Waals surface area contributed by atoms with Gasteiger partial charge in [0.2, 0.25) is 5.91 Å². The third-order valence-corrected chi connectivity index (χ3v) is 5.43. The first kappa shape index (κ1) is 20.0. The Hall–Kier alpha value is -3.28. The van der Waals surface area contributed by atoms with Crippen LogP contribution in [-0.2, 0) is 24.4 Å². The highest BCUT2D eigenvalue weighted by atomic mass is 16.3. The molecule has 0 saturated carbocycles. The van der Waals surface area contributed by atoms with E-state index in [0.717, 1.165) is 46.8 Å². The summed E-state index contributed by atoms with van der Waals surface area (Å²) in [6, 6.07) is 18.5. The van der Waals surface area contributed by atoms with Gasteiger partial charge in [-0.25, -0.2) is 0 Å². The molecule has 0 aliphatic carbocycles. The van der Waals surface area contributed by atoms with E-state index >= 15 is 0 Å². The minimum absolute atomic E-state index is 0.256. The summed E-state index contributed by atoms with van der Waals surface area (Å²) in [5.74, 6) is 1.96. The molecule has 0 radical (unpaired) electrons. The lowest BCUT2D eigenvalue weighted by Gasteiger charge is -2.21. The van der Waals surface area contributed by atoms with Gasteiger partial charge in [0.1, 0.15) is 11.3 Å². The van der Waals surface area contributed by atoms with Crippen molar-refractivity contribution in [2.75, 3.05) is 20.6 Å². The van der Waals surface area contributed by atoms with Gasteiger partial charge in [-0.05, 0) is 29.7 Å². The third-order valence-electron chi connectivity index (χ3n) is 5.43. The molecular formula is C24H28N4O2.